The number of hydrogen-bond donors (Lipinski definition) is 0. The number of fused-ring (bicyclic) bond motifs is 1. The third-order valence-electron chi connectivity index (χ3n) is 3.82. The Labute approximate surface area is 125 Å². The van der Waals surface area contributed by atoms with E-state index in [1.807, 2.05) is 31.2 Å². The van der Waals surface area contributed by atoms with Crippen LogP contribution >= 0.6 is 0 Å². The lowest BCUT2D eigenvalue weighted by Gasteiger charge is -2.19. The van der Waals surface area contributed by atoms with E-state index in [1.165, 1.54) is 16.8 Å². The van der Waals surface area contributed by atoms with Gasteiger partial charge < -0.3 is 9.64 Å². The van der Waals surface area contributed by atoms with E-state index >= 15 is 0 Å². The fraction of sp³-hybridized carbons (Fsp3) is 0.278. The fourth-order valence-corrected chi connectivity index (χ4v) is 2.75. The number of anilines is 1. The van der Waals surface area contributed by atoms with Crippen LogP contribution in [0.25, 0.3) is 0 Å². The normalized spacial score (nSPS) is 13.1. The standard InChI is InChI=1S/C18H19NO2/c1-2-21-18(20)16-9-7-14(8-10-16)13-19-12-11-15-5-3-4-6-17(15)19/h3-10H,2,11-13H2,1H3. The molecule has 3 rings (SSSR count). The molecule has 0 aromatic heterocycles. The molecule has 0 saturated heterocycles. The van der Waals surface area contributed by atoms with Crippen LogP contribution in [-0.4, -0.2) is 19.1 Å². The minimum atomic E-state index is -0.254. The van der Waals surface area contributed by atoms with Crippen LogP contribution < -0.4 is 4.90 Å². The van der Waals surface area contributed by atoms with E-state index in [4.69, 9.17) is 4.74 Å². The molecular weight excluding hydrogens is 262 g/mol. The zero-order valence-electron chi connectivity index (χ0n) is 12.2. The van der Waals surface area contributed by atoms with E-state index in [9.17, 15) is 4.79 Å². The lowest BCUT2D eigenvalue weighted by atomic mass is 10.1. The highest BCUT2D eigenvalue weighted by atomic mass is 16.5. The van der Waals surface area contributed by atoms with Crippen LogP contribution in [0.4, 0.5) is 5.69 Å². The first-order valence-corrected chi connectivity index (χ1v) is 7.37. The number of nitrogens with zero attached hydrogens (tertiary/aromatic N) is 1. The molecule has 0 N–H and O–H groups in total. The molecule has 108 valence electrons. The molecule has 0 unspecified atom stereocenters. The summed E-state index contributed by atoms with van der Waals surface area (Å²) in [6.07, 6.45) is 1.11. The van der Waals surface area contributed by atoms with Gasteiger partial charge >= 0.3 is 5.97 Å². The summed E-state index contributed by atoms with van der Waals surface area (Å²) in [4.78, 5) is 14.0. The van der Waals surface area contributed by atoms with Crippen molar-refractivity contribution in [3.8, 4) is 0 Å². The number of hydrogen-bond acceptors (Lipinski definition) is 3. The summed E-state index contributed by atoms with van der Waals surface area (Å²) in [5.74, 6) is -0.254. The summed E-state index contributed by atoms with van der Waals surface area (Å²) in [5, 5.41) is 0. The Morgan fingerprint density at radius 2 is 1.90 bits per heavy atom. The molecule has 0 radical (unpaired) electrons. The second kappa shape index (κ2) is 6.00. The summed E-state index contributed by atoms with van der Waals surface area (Å²) >= 11 is 0. The summed E-state index contributed by atoms with van der Waals surface area (Å²) in [5.41, 5.74) is 4.56. The van der Waals surface area contributed by atoms with Gasteiger partial charge in [-0.1, -0.05) is 30.3 Å². The van der Waals surface area contributed by atoms with Crippen molar-refractivity contribution in [1.29, 1.82) is 0 Å². The Morgan fingerprint density at radius 1 is 1.14 bits per heavy atom. The third kappa shape index (κ3) is 2.92. The van der Waals surface area contributed by atoms with Crippen LogP contribution in [0.5, 0.6) is 0 Å². The highest BCUT2D eigenvalue weighted by Gasteiger charge is 2.18. The molecule has 0 spiro atoms. The lowest BCUT2D eigenvalue weighted by Crippen LogP contribution is -2.19. The molecule has 1 aliphatic rings. The van der Waals surface area contributed by atoms with Crippen molar-refractivity contribution < 1.29 is 9.53 Å². The van der Waals surface area contributed by atoms with Crippen LogP contribution in [0.2, 0.25) is 0 Å². The number of benzene rings is 2. The number of ether oxygens (including phenoxy) is 1. The minimum Gasteiger partial charge on any atom is -0.462 e. The number of para-hydroxylation sites is 1. The summed E-state index contributed by atoms with van der Waals surface area (Å²) in [6, 6.07) is 16.2. The molecule has 3 heteroatoms. The number of carbonyl (C=O) groups excluding carboxylic acids is 1. The van der Waals surface area contributed by atoms with Crippen LogP contribution in [0.1, 0.15) is 28.4 Å². The molecule has 1 heterocycles. The SMILES string of the molecule is CCOC(=O)c1ccc(CN2CCc3ccccc32)cc1. The fourth-order valence-electron chi connectivity index (χ4n) is 2.75. The maximum absolute atomic E-state index is 11.6. The minimum absolute atomic E-state index is 0.254. The lowest BCUT2D eigenvalue weighted by molar-refractivity contribution is 0.0526. The van der Waals surface area contributed by atoms with Gasteiger partial charge in [0, 0.05) is 18.8 Å². The number of esters is 1. The van der Waals surface area contributed by atoms with Gasteiger partial charge in [-0.25, -0.2) is 4.79 Å². The zero-order chi connectivity index (χ0) is 14.7. The highest BCUT2D eigenvalue weighted by Crippen LogP contribution is 2.28. The highest BCUT2D eigenvalue weighted by molar-refractivity contribution is 5.89. The maximum atomic E-state index is 11.6. The molecule has 21 heavy (non-hydrogen) atoms. The number of carbonyl (C=O) groups is 1. The Bertz CT molecular complexity index is 634. The second-order valence-corrected chi connectivity index (χ2v) is 5.22. The Morgan fingerprint density at radius 3 is 2.67 bits per heavy atom. The van der Waals surface area contributed by atoms with E-state index in [1.54, 1.807) is 0 Å². The van der Waals surface area contributed by atoms with Gasteiger partial charge in [-0.2, -0.15) is 0 Å². The predicted octanol–water partition coefficient (Wildman–Crippen LogP) is 3.43. The molecule has 0 atom stereocenters. The van der Waals surface area contributed by atoms with Gasteiger partial charge in [0.15, 0.2) is 0 Å². The average molecular weight is 281 g/mol. The molecule has 2 aromatic rings. The van der Waals surface area contributed by atoms with Crippen LogP contribution in [-0.2, 0) is 17.7 Å². The van der Waals surface area contributed by atoms with E-state index < -0.39 is 0 Å². The molecule has 0 amide bonds. The first-order valence-electron chi connectivity index (χ1n) is 7.37. The smallest absolute Gasteiger partial charge is 0.338 e. The van der Waals surface area contributed by atoms with Gasteiger partial charge in [0.05, 0.1) is 12.2 Å². The van der Waals surface area contributed by atoms with Crippen LogP contribution in [0.3, 0.4) is 0 Å². The van der Waals surface area contributed by atoms with E-state index in [2.05, 4.69) is 29.2 Å². The molecule has 0 fully saturated rings. The largest absolute Gasteiger partial charge is 0.462 e. The van der Waals surface area contributed by atoms with Crippen LogP contribution in [0.15, 0.2) is 48.5 Å². The van der Waals surface area contributed by atoms with Gasteiger partial charge in [0.25, 0.3) is 0 Å². The Balaban J connectivity index is 1.71. The number of rotatable bonds is 4. The van der Waals surface area contributed by atoms with Gasteiger partial charge in [0.1, 0.15) is 0 Å². The molecule has 3 nitrogen and oxygen atoms in total. The van der Waals surface area contributed by atoms with Crippen molar-refractivity contribution >= 4 is 11.7 Å². The molecular formula is C18H19NO2. The topological polar surface area (TPSA) is 29.5 Å². The summed E-state index contributed by atoms with van der Waals surface area (Å²) in [7, 11) is 0. The van der Waals surface area contributed by atoms with Crippen molar-refractivity contribution in [2.75, 3.05) is 18.1 Å². The van der Waals surface area contributed by atoms with E-state index in [0.717, 1.165) is 19.5 Å². The quantitative estimate of drug-likeness (QED) is 0.804. The summed E-state index contributed by atoms with van der Waals surface area (Å²) in [6.45, 7) is 4.15. The Kier molecular flexibility index (Phi) is 3.91. The Hall–Kier alpha value is -2.29. The van der Waals surface area contributed by atoms with Crippen molar-refractivity contribution in [2.45, 2.75) is 19.9 Å². The van der Waals surface area contributed by atoms with Gasteiger partial charge in [-0.15, -0.1) is 0 Å². The molecule has 0 saturated carbocycles. The zero-order valence-corrected chi connectivity index (χ0v) is 12.2. The van der Waals surface area contributed by atoms with Gasteiger partial charge in [0.2, 0.25) is 0 Å². The van der Waals surface area contributed by atoms with Crippen molar-refractivity contribution in [3.05, 3.63) is 65.2 Å². The van der Waals surface area contributed by atoms with Crippen molar-refractivity contribution in [3.63, 3.8) is 0 Å². The third-order valence-corrected chi connectivity index (χ3v) is 3.82. The monoisotopic (exact) mass is 281 g/mol. The molecule has 2 aromatic carbocycles. The molecule has 1 aliphatic heterocycles. The molecule has 0 aliphatic carbocycles. The molecule has 0 bridgehead atoms. The predicted molar refractivity (Wildman–Crippen MR) is 83.6 cm³/mol. The van der Waals surface area contributed by atoms with Gasteiger partial charge in [-0.3, -0.25) is 0 Å². The van der Waals surface area contributed by atoms with E-state index in [0.29, 0.717) is 12.2 Å². The van der Waals surface area contributed by atoms with Crippen molar-refractivity contribution in [1.82, 2.24) is 0 Å². The van der Waals surface area contributed by atoms with Gasteiger partial charge in [-0.05, 0) is 42.7 Å². The van der Waals surface area contributed by atoms with Crippen molar-refractivity contribution in [2.24, 2.45) is 0 Å². The van der Waals surface area contributed by atoms with Crippen LogP contribution in [0, 0.1) is 0 Å². The van der Waals surface area contributed by atoms with E-state index in [-0.39, 0.29) is 5.97 Å². The summed E-state index contributed by atoms with van der Waals surface area (Å²) < 4.78 is 5.00. The second-order valence-electron chi connectivity index (χ2n) is 5.22. The average Bonchev–Trinajstić information content (AvgIpc) is 2.92. The maximum Gasteiger partial charge on any atom is 0.338 e. The first-order chi connectivity index (χ1) is 10.3. The first kappa shape index (κ1) is 13.7.